The summed E-state index contributed by atoms with van der Waals surface area (Å²) in [6.07, 6.45) is 8.46. The fourth-order valence-electron chi connectivity index (χ4n) is 3.76. The van der Waals surface area contributed by atoms with E-state index in [0.29, 0.717) is 0 Å². The van der Waals surface area contributed by atoms with Crippen molar-refractivity contribution < 1.29 is 18.1 Å². The lowest BCUT2D eigenvalue weighted by Crippen LogP contribution is -2.59. The van der Waals surface area contributed by atoms with E-state index in [9.17, 15) is 4.57 Å². The molecule has 3 aliphatic rings. The Hall–Kier alpha value is 0.110. The minimum absolute atomic E-state index is 0.0588. The zero-order valence-corrected chi connectivity index (χ0v) is 14.2. The summed E-state index contributed by atoms with van der Waals surface area (Å²) in [5.41, 5.74) is -0.156. The molecule has 0 aromatic rings. The highest BCUT2D eigenvalue weighted by Crippen LogP contribution is 2.68. The first-order valence-electron chi connectivity index (χ1n) is 8.10. The first-order valence-corrected chi connectivity index (χ1v) is 9.56. The van der Waals surface area contributed by atoms with Crippen LogP contribution in [-0.2, 0) is 18.1 Å². The first-order chi connectivity index (χ1) is 9.44. The number of hydrogen-bond donors (Lipinski definition) is 0. The molecule has 0 amide bonds. The van der Waals surface area contributed by atoms with Gasteiger partial charge in [-0.3, -0.25) is 13.6 Å². The van der Waals surface area contributed by atoms with Gasteiger partial charge in [0.1, 0.15) is 0 Å². The molecule has 0 aromatic carbocycles. The van der Waals surface area contributed by atoms with Crippen molar-refractivity contribution >= 4 is 7.82 Å². The van der Waals surface area contributed by atoms with Crippen molar-refractivity contribution in [2.75, 3.05) is 0 Å². The van der Waals surface area contributed by atoms with E-state index in [-0.39, 0.29) is 23.7 Å². The van der Waals surface area contributed by atoms with Crippen LogP contribution in [0.1, 0.15) is 72.6 Å². The van der Waals surface area contributed by atoms with Crippen LogP contribution in [0.25, 0.3) is 0 Å². The van der Waals surface area contributed by atoms with Crippen LogP contribution in [0.4, 0.5) is 0 Å². The van der Waals surface area contributed by atoms with Gasteiger partial charge in [-0.15, -0.1) is 0 Å². The minimum atomic E-state index is -3.29. The van der Waals surface area contributed by atoms with Crippen LogP contribution in [0.3, 0.4) is 0 Å². The summed E-state index contributed by atoms with van der Waals surface area (Å²) in [5, 5.41) is 0. The molecule has 0 spiro atoms. The second-order valence-electron chi connectivity index (χ2n) is 6.32. The molecule has 20 heavy (non-hydrogen) atoms. The molecule has 5 heteroatoms. The monoisotopic (exact) mass is 304 g/mol. The number of phosphoric ester groups is 1. The maximum absolute atomic E-state index is 12.2. The summed E-state index contributed by atoms with van der Waals surface area (Å²) < 4.78 is 28.8. The zero-order chi connectivity index (χ0) is 14.8. The van der Waals surface area contributed by atoms with E-state index in [0.717, 1.165) is 12.8 Å². The van der Waals surface area contributed by atoms with Crippen molar-refractivity contribution in [1.29, 1.82) is 0 Å². The van der Waals surface area contributed by atoms with Crippen LogP contribution in [0.15, 0.2) is 0 Å². The Morgan fingerprint density at radius 2 is 1.30 bits per heavy atom. The molecule has 3 saturated heterocycles. The summed E-state index contributed by atoms with van der Waals surface area (Å²) >= 11 is 0. The van der Waals surface area contributed by atoms with Crippen LogP contribution in [0.5, 0.6) is 0 Å². The highest BCUT2D eigenvalue weighted by molar-refractivity contribution is 7.48. The zero-order valence-electron chi connectivity index (χ0n) is 13.3. The maximum Gasteiger partial charge on any atom is 0.475 e. The van der Waals surface area contributed by atoms with Gasteiger partial charge >= 0.3 is 7.82 Å². The molecule has 0 aromatic heterocycles. The Labute approximate surface area is 123 Å². The van der Waals surface area contributed by atoms with Crippen LogP contribution in [0.2, 0.25) is 0 Å². The predicted molar refractivity (Wildman–Crippen MR) is 79.7 cm³/mol. The fourth-order valence-corrected chi connectivity index (χ4v) is 5.66. The van der Waals surface area contributed by atoms with E-state index in [2.05, 4.69) is 6.92 Å². The molecule has 0 N–H and O–H groups in total. The quantitative estimate of drug-likeness (QED) is 0.486. The molecule has 3 fully saturated rings. The Bertz CT molecular complexity index is 330. The van der Waals surface area contributed by atoms with Crippen LogP contribution in [0, 0.1) is 5.41 Å². The molecular weight excluding hydrogens is 275 g/mol. The highest BCUT2D eigenvalue weighted by atomic mass is 31.2. The smallest absolute Gasteiger partial charge is 0.283 e. The van der Waals surface area contributed by atoms with Crippen molar-refractivity contribution in [2.45, 2.75) is 91.0 Å². The molecule has 3 atom stereocenters. The predicted octanol–water partition coefficient (Wildman–Crippen LogP) is 5.07. The van der Waals surface area contributed by atoms with Crippen LogP contribution in [-0.4, -0.2) is 18.3 Å². The molecule has 0 aliphatic carbocycles. The number of fused-ring (bicyclic) bond motifs is 3. The highest BCUT2D eigenvalue weighted by Gasteiger charge is 2.62. The van der Waals surface area contributed by atoms with Gasteiger partial charge in [0.25, 0.3) is 0 Å². The lowest BCUT2D eigenvalue weighted by molar-refractivity contribution is -0.203. The molecule has 3 aliphatic heterocycles. The van der Waals surface area contributed by atoms with Gasteiger partial charge in [-0.2, -0.15) is 0 Å². The summed E-state index contributed by atoms with van der Waals surface area (Å²) in [4.78, 5) is 0. The summed E-state index contributed by atoms with van der Waals surface area (Å²) in [7, 11) is -3.29. The molecule has 118 valence electrons. The summed E-state index contributed by atoms with van der Waals surface area (Å²) in [6, 6.07) is 0. The van der Waals surface area contributed by atoms with Gasteiger partial charge in [-0.25, -0.2) is 4.57 Å². The third-order valence-corrected chi connectivity index (χ3v) is 6.82. The molecule has 3 heterocycles. The maximum atomic E-state index is 12.2. The lowest BCUT2D eigenvalue weighted by Gasteiger charge is -2.56. The van der Waals surface area contributed by atoms with E-state index < -0.39 is 7.82 Å². The Balaban J connectivity index is 1.92. The van der Waals surface area contributed by atoms with Gasteiger partial charge in [0.05, 0.1) is 23.7 Å². The topological polar surface area (TPSA) is 44.8 Å². The summed E-state index contributed by atoms with van der Waals surface area (Å²) in [5.74, 6) is 0. The second-order valence-corrected chi connectivity index (χ2v) is 7.85. The van der Waals surface area contributed by atoms with Gasteiger partial charge in [0.2, 0.25) is 0 Å². The third kappa shape index (κ3) is 2.99. The second kappa shape index (κ2) is 6.48. The standard InChI is InChI=1S/C15H29O4P/c1-5-6-7-8-9-10-11-15-12(2)17-20(16,18-13(15)3)19-14(15)4/h12-14H,5-11H2,1-4H3. The number of rotatable bonds is 7. The van der Waals surface area contributed by atoms with Crippen molar-refractivity contribution in [3.05, 3.63) is 0 Å². The van der Waals surface area contributed by atoms with E-state index in [1.807, 2.05) is 20.8 Å². The van der Waals surface area contributed by atoms with Crippen molar-refractivity contribution in [1.82, 2.24) is 0 Å². The number of hydrogen-bond acceptors (Lipinski definition) is 4. The third-order valence-electron chi connectivity index (χ3n) is 5.10. The molecule has 3 unspecified atom stereocenters. The SMILES string of the molecule is CCCCCCCCC12C(C)OP(=O)(OC1C)OC2C. The van der Waals surface area contributed by atoms with E-state index in [1.165, 1.54) is 32.1 Å². The van der Waals surface area contributed by atoms with Crippen LogP contribution < -0.4 is 0 Å². The van der Waals surface area contributed by atoms with Gasteiger partial charge in [0.15, 0.2) is 0 Å². The van der Waals surface area contributed by atoms with Crippen molar-refractivity contribution in [3.8, 4) is 0 Å². The van der Waals surface area contributed by atoms with Gasteiger partial charge in [0, 0.05) is 0 Å². The van der Waals surface area contributed by atoms with E-state index in [4.69, 9.17) is 13.6 Å². The normalized spacial score (nSPS) is 43.9. The number of phosphoric acid groups is 1. The largest absolute Gasteiger partial charge is 0.475 e. The lowest BCUT2D eigenvalue weighted by atomic mass is 9.70. The number of unbranched alkanes of at least 4 members (excludes halogenated alkanes) is 5. The molecule has 0 saturated carbocycles. The van der Waals surface area contributed by atoms with Crippen LogP contribution >= 0.6 is 7.82 Å². The fraction of sp³-hybridized carbons (Fsp3) is 1.00. The molecule has 4 nitrogen and oxygen atoms in total. The Morgan fingerprint density at radius 3 is 1.80 bits per heavy atom. The average molecular weight is 304 g/mol. The average Bonchev–Trinajstić information content (AvgIpc) is 2.34. The van der Waals surface area contributed by atoms with Gasteiger partial charge in [-0.1, -0.05) is 45.4 Å². The first kappa shape index (κ1) is 16.5. The van der Waals surface area contributed by atoms with Crippen molar-refractivity contribution in [3.63, 3.8) is 0 Å². The van der Waals surface area contributed by atoms with Crippen molar-refractivity contribution in [2.24, 2.45) is 5.41 Å². The Kier molecular flexibility index (Phi) is 5.34. The minimum Gasteiger partial charge on any atom is -0.283 e. The molecule has 2 bridgehead atoms. The molecular formula is C15H29O4P. The van der Waals surface area contributed by atoms with E-state index >= 15 is 0 Å². The molecule has 3 rings (SSSR count). The van der Waals surface area contributed by atoms with E-state index in [1.54, 1.807) is 0 Å². The van der Waals surface area contributed by atoms with Gasteiger partial charge < -0.3 is 0 Å². The Morgan fingerprint density at radius 1 is 0.850 bits per heavy atom. The van der Waals surface area contributed by atoms with Gasteiger partial charge in [-0.05, 0) is 27.2 Å². The summed E-state index contributed by atoms with van der Waals surface area (Å²) in [6.45, 7) is 8.28. The molecule has 0 radical (unpaired) electrons.